The van der Waals surface area contributed by atoms with E-state index in [0.29, 0.717) is 13.0 Å². The Morgan fingerprint density at radius 3 is 2.95 bits per heavy atom. The van der Waals surface area contributed by atoms with E-state index in [1.807, 2.05) is 13.1 Å². The van der Waals surface area contributed by atoms with Crippen molar-refractivity contribution in [1.29, 1.82) is 0 Å². The predicted molar refractivity (Wildman–Crippen MR) is 73.8 cm³/mol. The van der Waals surface area contributed by atoms with E-state index < -0.39 is 17.9 Å². The first-order valence-corrected chi connectivity index (χ1v) is 6.78. The number of carboxylic acid groups (broad SMARTS) is 1. The van der Waals surface area contributed by atoms with Gasteiger partial charge in [0.05, 0.1) is 19.3 Å². The highest BCUT2D eigenvalue weighted by atomic mass is 16.5. The van der Waals surface area contributed by atoms with Crippen molar-refractivity contribution in [2.45, 2.75) is 12.5 Å². The zero-order valence-electron chi connectivity index (χ0n) is 12.2. The highest BCUT2D eigenvalue weighted by molar-refractivity contribution is 5.77. The van der Waals surface area contributed by atoms with Crippen molar-refractivity contribution in [2.24, 2.45) is 13.0 Å². The number of hydrogen-bond donors (Lipinski definition) is 2. The SMILES string of the molecule is CN(C(=O)NCCc1ccnn1C)C1COCC1C(=O)O. The van der Waals surface area contributed by atoms with Gasteiger partial charge in [-0.1, -0.05) is 0 Å². The summed E-state index contributed by atoms with van der Waals surface area (Å²) in [6.45, 7) is 0.864. The molecule has 1 fully saturated rings. The van der Waals surface area contributed by atoms with E-state index in [-0.39, 0.29) is 19.2 Å². The summed E-state index contributed by atoms with van der Waals surface area (Å²) in [7, 11) is 3.44. The summed E-state index contributed by atoms with van der Waals surface area (Å²) in [4.78, 5) is 24.6. The van der Waals surface area contributed by atoms with E-state index in [4.69, 9.17) is 9.84 Å². The summed E-state index contributed by atoms with van der Waals surface area (Å²) < 4.78 is 6.92. The number of carbonyl (C=O) groups is 2. The first-order chi connectivity index (χ1) is 10.0. The maximum atomic E-state index is 12.1. The van der Waals surface area contributed by atoms with Crippen LogP contribution in [0.2, 0.25) is 0 Å². The van der Waals surface area contributed by atoms with E-state index >= 15 is 0 Å². The molecule has 2 N–H and O–H groups in total. The van der Waals surface area contributed by atoms with Crippen LogP contribution in [-0.4, -0.2) is 64.6 Å². The van der Waals surface area contributed by atoms with Crippen LogP contribution in [0.4, 0.5) is 4.79 Å². The molecule has 0 bridgehead atoms. The van der Waals surface area contributed by atoms with Gasteiger partial charge in [0.1, 0.15) is 5.92 Å². The van der Waals surface area contributed by atoms with Crippen LogP contribution < -0.4 is 5.32 Å². The second-order valence-electron chi connectivity index (χ2n) is 5.09. The van der Waals surface area contributed by atoms with Crippen molar-refractivity contribution in [1.82, 2.24) is 20.0 Å². The second-order valence-corrected chi connectivity index (χ2v) is 5.09. The number of amides is 2. The Hall–Kier alpha value is -2.09. The molecule has 0 saturated carbocycles. The van der Waals surface area contributed by atoms with E-state index in [2.05, 4.69) is 10.4 Å². The highest BCUT2D eigenvalue weighted by Gasteiger charge is 2.38. The van der Waals surface area contributed by atoms with Gasteiger partial charge in [-0.3, -0.25) is 9.48 Å². The molecule has 0 radical (unpaired) electrons. The number of carboxylic acids is 1. The molecule has 0 aliphatic carbocycles. The Morgan fingerprint density at radius 2 is 2.33 bits per heavy atom. The van der Waals surface area contributed by atoms with Crippen molar-refractivity contribution in [3.8, 4) is 0 Å². The molecule has 1 aliphatic heterocycles. The molecule has 8 nitrogen and oxygen atoms in total. The Bertz CT molecular complexity index is 516. The van der Waals surface area contributed by atoms with Crippen LogP contribution in [-0.2, 0) is 23.0 Å². The molecule has 1 aliphatic rings. The van der Waals surface area contributed by atoms with Crippen LogP contribution in [0.5, 0.6) is 0 Å². The molecule has 0 aromatic carbocycles. The number of urea groups is 1. The third-order valence-corrected chi connectivity index (χ3v) is 3.77. The van der Waals surface area contributed by atoms with Gasteiger partial charge in [-0.2, -0.15) is 5.10 Å². The molecule has 2 heterocycles. The minimum absolute atomic E-state index is 0.145. The fourth-order valence-corrected chi connectivity index (χ4v) is 2.38. The number of rotatable bonds is 5. The van der Waals surface area contributed by atoms with Crippen molar-refractivity contribution in [3.05, 3.63) is 18.0 Å². The molecule has 8 heteroatoms. The number of ether oxygens (including phenoxy) is 1. The van der Waals surface area contributed by atoms with Crippen molar-refractivity contribution in [2.75, 3.05) is 26.8 Å². The van der Waals surface area contributed by atoms with Crippen LogP contribution >= 0.6 is 0 Å². The average molecular weight is 296 g/mol. The fraction of sp³-hybridized carbons (Fsp3) is 0.615. The van der Waals surface area contributed by atoms with Crippen LogP contribution in [0.1, 0.15) is 5.69 Å². The normalized spacial score (nSPS) is 21.2. The number of hydrogen-bond acceptors (Lipinski definition) is 4. The molecule has 0 spiro atoms. The lowest BCUT2D eigenvalue weighted by atomic mass is 10.0. The van der Waals surface area contributed by atoms with Crippen LogP contribution in [0.3, 0.4) is 0 Å². The third-order valence-electron chi connectivity index (χ3n) is 3.77. The Kier molecular flexibility index (Phi) is 4.79. The number of aromatic nitrogens is 2. The smallest absolute Gasteiger partial charge is 0.317 e. The zero-order chi connectivity index (χ0) is 15.4. The van der Waals surface area contributed by atoms with Crippen molar-refractivity contribution < 1.29 is 19.4 Å². The van der Waals surface area contributed by atoms with Gasteiger partial charge in [-0.25, -0.2) is 4.79 Å². The summed E-state index contributed by atoms with van der Waals surface area (Å²) in [6.07, 6.45) is 2.37. The first kappa shape index (κ1) is 15.3. The lowest BCUT2D eigenvalue weighted by molar-refractivity contribution is -0.142. The molecular formula is C13H20N4O4. The predicted octanol–water partition coefficient (Wildman–Crippen LogP) is -0.296. The Morgan fingerprint density at radius 1 is 1.57 bits per heavy atom. The monoisotopic (exact) mass is 296 g/mol. The molecule has 21 heavy (non-hydrogen) atoms. The van der Waals surface area contributed by atoms with Crippen molar-refractivity contribution in [3.63, 3.8) is 0 Å². The molecule has 2 atom stereocenters. The lowest BCUT2D eigenvalue weighted by Crippen LogP contribution is -2.48. The Balaban J connectivity index is 1.82. The topological polar surface area (TPSA) is 96.7 Å². The fourth-order valence-electron chi connectivity index (χ4n) is 2.38. The van der Waals surface area contributed by atoms with Gasteiger partial charge in [0.25, 0.3) is 0 Å². The summed E-state index contributed by atoms with van der Waals surface area (Å²) in [6, 6.07) is 1.17. The van der Waals surface area contributed by atoms with E-state index in [0.717, 1.165) is 5.69 Å². The van der Waals surface area contributed by atoms with Gasteiger partial charge < -0.3 is 20.1 Å². The van der Waals surface area contributed by atoms with E-state index in [1.165, 1.54) is 4.90 Å². The van der Waals surface area contributed by atoms with Crippen LogP contribution in [0, 0.1) is 5.92 Å². The second kappa shape index (κ2) is 6.57. The quantitative estimate of drug-likeness (QED) is 0.778. The maximum absolute atomic E-state index is 12.1. The molecule has 2 amide bonds. The molecule has 1 aromatic heterocycles. The first-order valence-electron chi connectivity index (χ1n) is 6.78. The van der Waals surface area contributed by atoms with Gasteiger partial charge in [0, 0.05) is 39.0 Å². The van der Waals surface area contributed by atoms with Gasteiger partial charge in [-0.05, 0) is 6.07 Å². The minimum atomic E-state index is -0.938. The van der Waals surface area contributed by atoms with E-state index in [9.17, 15) is 9.59 Å². The third kappa shape index (κ3) is 3.52. The van der Waals surface area contributed by atoms with Gasteiger partial charge >= 0.3 is 12.0 Å². The zero-order valence-corrected chi connectivity index (χ0v) is 12.2. The summed E-state index contributed by atoms with van der Waals surface area (Å²) in [5.41, 5.74) is 1.02. The number of aryl methyl sites for hydroxylation is 1. The Labute approximate surface area is 122 Å². The summed E-state index contributed by atoms with van der Waals surface area (Å²) in [5, 5.41) is 15.9. The van der Waals surface area contributed by atoms with Gasteiger partial charge in [0.2, 0.25) is 0 Å². The number of nitrogens with one attached hydrogen (secondary N) is 1. The molecule has 1 saturated heterocycles. The molecule has 2 unspecified atom stereocenters. The summed E-state index contributed by atoms with van der Waals surface area (Å²) in [5.74, 6) is -1.61. The number of likely N-dealkylation sites (N-methyl/N-ethyl adjacent to an activating group) is 1. The van der Waals surface area contributed by atoms with Gasteiger partial charge in [-0.15, -0.1) is 0 Å². The highest BCUT2D eigenvalue weighted by Crippen LogP contribution is 2.18. The van der Waals surface area contributed by atoms with Crippen LogP contribution in [0.15, 0.2) is 12.3 Å². The average Bonchev–Trinajstić information content (AvgIpc) is 3.07. The number of carbonyl (C=O) groups excluding carboxylic acids is 1. The van der Waals surface area contributed by atoms with Crippen molar-refractivity contribution >= 4 is 12.0 Å². The minimum Gasteiger partial charge on any atom is -0.481 e. The van der Waals surface area contributed by atoms with Gasteiger partial charge in [0.15, 0.2) is 0 Å². The van der Waals surface area contributed by atoms with Crippen LogP contribution in [0.25, 0.3) is 0 Å². The number of nitrogens with zero attached hydrogens (tertiary/aromatic N) is 3. The molecule has 1 aromatic rings. The lowest BCUT2D eigenvalue weighted by Gasteiger charge is -2.26. The molecule has 116 valence electrons. The summed E-state index contributed by atoms with van der Waals surface area (Å²) >= 11 is 0. The maximum Gasteiger partial charge on any atom is 0.317 e. The number of aliphatic carboxylic acids is 1. The largest absolute Gasteiger partial charge is 0.481 e. The standard InChI is InChI=1S/C13H20N4O4/c1-16(11-8-21-7-10(11)12(18)19)13(20)14-5-3-9-4-6-15-17(9)2/h4,6,10-11H,3,5,7-8H2,1-2H3,(H,14,20)(H,18,19). The molecule has 2 rings (SSSR count). The molecular weight excluding hydrogens is 276 g/mol. The van der Waals surface area contributed by atoms with E-state index in [1.54, 1.807) is 17.9 Å².